The number of fused-ring (bicyclic) bond motifs is 1. The molecule has 3 N–H and O–H groups in total. The SMILES string of the molecule is CNC1CN(c2c(F)cn3c(=O)c(OC(=O)O)cc(C4CC4)c3c2C)CCN1. The molecular weight excluding hydrogens is 367 g/mol. The van der Waals surface area contributed by atoms with E-state index in [1.165, 1.54) is 10.5 Å². The van der Waals surface area contributed by atoms with Gasteiger partial charge >= 0.3 is 6.16 Å². The fraction of sp³-hybridized carbons (Fsp3) is 0.474. The van der Waals surface area contributed by atoms with Crippen LogP contribution in [0.25, 0.3) is 5.52 Å². The zero-order valence-corrected chi connectivity index (χ0v) is 15.8. The van der Waals surface area contributed by atoms with Crippen molar-refractivity contribution in [1.82, 2.24) is 15.0 Å². The van der Waals surface area contributed by atoms with Gasteiger partial charge in [0, 0.05) is 19.6 Å². The van der Waals surface area contributed by atoms with Crippen molar-refractivity contribution in [2.24, 2.45) is 0 Å². The number of aromatic nitrogens is 1. The molecular formula is C19H23FN4O4. The Morgan fingerprint density at radius 3 is 2.82 bits per heavy atom. The van der Waals surface area contributed by atoms with Gasteiger partial charge < -0.3 is 20.1 Å². The molecule has 9 heteroatoms. The number of hydrogen-bond acceptors (Lipinski definition) is 6. The molecule has 1 unspecified atom stereocenters. The number of carbonyl (C=O) groups is 1. The smallest absolute Gasteiger partial charge is 0.449 e. The van der Waals surface area contributed by atoms with Crippen molar-refractivity contribution in [2.75, 3.05) is 31.6 Å². The van der Waals surface area contributed by atoms with E-state index >= 15 is 4.39 Å². The van der Waals surface area contributed by atoms with Crippen LogP contribution in [0.15, 0.2) is 17.1 Å². The third kappa shape index (κ3) is 3.20. The molecule has 1 atom stereocenters. The number of nitrogens with one attached hydrogen (secondary N) is 2. The monoisotopic (exact) mass is 390 g/mol. The summed E-state index contributed by atoms with van der Waals surface area (Å²) in [5.41, 5.74) is 1.95. The number of likely N-dealkylation sites (N-methyl/N-ethyl adjacent to an activating group) is 1. The molecule has 1 saturated heterocycles. The summed E-state index contributed by atoms with van der Waals surface area (Å²) in [4.78, 5) is 25.6. The second-order valence-corrected chi connectivity index (χ2v) is 7.32. The van der Waals surface area contributed by atoms with Crippen LogP contribution in [0.5, 0.6) is 5.75 Å². The topological polar surface area (TPSA) is 95.3 Å². The molecule has 8 nitrogen and oxygen atoms in total. The van der Waals surface area contributed by atoms with Gasteiger partial charge in [0.2, 0.25) is 0 Å². The van der Waals surface area contributed by atoms with E-state index in [4.69, 9.17) is 5.11 Å². The Morgan fingerprint density at radius 1 is 1.43 bits per heavy atom. The number of ether oxygens (including phenoxy) is 1. The highest BCUT2D eigenvalue weighted by Crippen LogP contribution is 2.44. The number of piperazine rings is 1. The molecule has 1 saturated carbocycles. The van der Waals surface area contributed by atoms with Crippen LogP contribution in [0.1, 0.15) is 29.9 Å². The minimum absolute atomic E-state index is 0.0419. The Balaban J connectivity index is 1.91. The second kappa shape index (κ2) is 7.06. The van der Waals surface area contributed by atoms with Gasteiger partial charge in [-0.25, -0.2) is 9.18 Å². The molecule has 3 heterocycles. The maximum absolute atomic E-state index is 15.1. The first-order chi connectivity index (χ1) is 13.4. The quantitative estimate of drug-likeness (QED) is 0.683. The molecule has 0 spiro atoms. The first kappa shape index (κ1) is 18.7. The summed E-state index contributed by atoms with van der Waals surface area (Å²) >= 11 is 0. The van der Waals surface area contributed by atoms with Crippen molar-refractivity contribution in [3.8, 4) is 5.75 Å². The molecule has 2 aromatic rings. The third-order valence-electron chi connectivity index (χ3n) is 5.46. The first-order valence-electron chi connectivity index (χ1n) is 9.35. The van der Waals surface area contributed by atoms with E-state index in [-0.39, 0.29) is 17.8 Å². The van der Waals surface area contributed by atoms with Crippen molar-refractivity contribution < 1.29 is 19.0 Å². The summed E-state index contributed by atoms with van der Waals surface area (Å²) in [6.07, 6.45) is 1.52. The molecule has 0 radical (unpaired) electrons. The van der Waals surface area contributed by atoms with Crippen LogP contribution < -0.4 is 25.8 Å². The lowest BCUT2D eigenvalue weighted by molar-refractivity contribution is 0.143. The summed E-state index contributed by atoms with van der Waals surface area (Å²) < 4.78 is 21.0. The van der Waals surface area contributed by atoms with Gasteiger partial charge in [-0.3, -0.25) is 14.5 Å². The lowest BCUT2D eigenvalue weighted by Gasteiger charge is -2.36. The van der Waals surface area contributed by atoms with Crippen LogP contribution in [0.3, 0.4) is 0 Å². The van der Waals surface area contributed by atoms with Crippen molar-refractivity contribution in [3.05, 3.63) is 39.6 Å². The van der Waals surface area contributed by atoms with E-state index in [0.29, 0.717) is 36.4 Å². The highest BCUT2D eigenvalue weighted by Gasteiger charge is 2.31. The van der Waals surface area contributed by atoms with Gasteiger partial charge in [0.25, 0.3) is 5.56 Å². The average molecular weight is 390 g/mol. The van der Waals surface area contributed by atoms with Gasteiger partial charge in [0.1, 0.15) is 0 Å². The van der Waals surface area contributed by atoms with E-state index in [1.54, 1.807) is 0 Å². The van der Waals surface area contributed by atoms with Crippen LogP contribution in [0.4, 0.5) is 14.9 Å². The minimum Gasteiger partial charge on any atom is -0.449 e. The molecule has 0 bridgehead atoms. The maximum Gasteiger partial charge on any atom is 0.511 e. The predicted octanol–water partition coefficient (Wildman–Crippen LogP) is 1.64. The number of anilines is 1. The Hall–Kier alpha value is -2.65. The minimum atomic E-state index is -1.56. The van der Waals surface area contributed by atoms with E-state index in [0.717, 1.165) is 24.6 Å². The molecule has 2 aliphatic rings. The fourth-order valence-electron chi connectivity index (χ4n) is 4.02. The second-order valence-electron chi connectivity index (χ2n) is 7.32. The normalized spacial score (nSPS) is 19.8. The summed E-state index contributed by atoms with van der Waals surface area (Å²) in [5.74, 6) is -0.592. The Kier molecular flexibility index (Phi) is 4.72. The Bertz CT molecular complexity index is 1000. The molecule has 28 heavy (non-hydrogen) atoms. The van der Waals surface area contributed by atoms with Crippen LogP contribution >= 0.6 is 0 Å². The number of halogens is 1. The van der Waals surface area contributed by atoms with Crippen molar-refractivity contribution in [3.63, 3.8) is 0 Å². The number of carboxylic acid groups (broad SMARTS) is 1. The van der Waals surface area contributed by atoms with Crippen LogP contribution in [-0.2, 0) is 0 Å². The number of aryl methyl sites for hydroxylation is 1. The summed E-state index contributed by atoms with van der Waals surface area (Å²) in [7, 11) is 1.85. The van der Waals surface area contributed by atoms with Gasteiger partial charge in [-0.1, -0.05) is 0 Å². The average Bonchev–Trinajstić information content (AvgIpc) is 3.49. The van der Waals surface area contributed by atoms with E-state index in [2.05, 4.69) is 15.4 Å². The molecule has 4 rings (SSSR count). The summed E-state index contributed by atoms with van der Waals surface area (Å²) in [5, 5.41) is 15.4. The Labute approximate surface area is 160 Å². The van der Waals surface area contributed by atoms with Crippen molar-refractivity contribution in [2.45, 2.75) is 31.8 Å². The standard InChI is InChI=1S/C19H23FN4O4/c1-10-16-12(11-3-4-11)7-14(28-19(26)27)18(25)24(16)8-13(20)17(10)23-6-5-22-15(9-23)21-2/h7-8,11,15,21-22H,3-6,9H2,1-2H3,(H,26,27). The maximum atomic E-state index is 15.1. The predicted molar refractivity (Wildman–Crippen MR) is 102 cm³/mol. The number of pyridine rings is 2. The van der Waals surface area contributed by atoms with E-state index in [9.17, 15) is 9.59 Å². The number of nitrogens with zero attached hydrogens (tertiary/aromatic N) is 2. The van der Waals surface area contributed by atoms with E-state index < -0.39 is 17.5 Å². The highest BCUT2D eigenvalue weighted by molar-refractivity contribution is 5.74. The molecule has 0 amide bonds. The zero-order chi connectivity index (χ0) is 20.0. The van der Waals surface area contributed by atoms with Crippen LogP contribution in [0.2, 0.25) is 0 Å². The van der Waals surface area contributed by atoms with Gasteiger partial charge in [-0.15, -0.1) is 0 Å². The highest BCUT2D eigenvalue weighted by atomic mass is 19.1. The molecule has 1 aliphatic carbocycles. The van der Waals surface area contributed by atoms with Crippen molar-refractivity contribution in [1.29, 1.82) is 0 Å². The Morgan fingerprint density at radius 2 is 2.18 bits per heavy atom. The first-order valence-corrected chi connectivity index (χ1v) is 9.35. The van der Waals surface area contributed by atoms with Gasteiger partial charge in [0.05, 0.1) is 23.6 Å². The lowest BCUT2D eigenvalue weighted by Crippen LogP contribution is -2.56. The van der Waals surface area contributed by atoms with Crippen molar-refractivity contribution >= 4 is 17.4 Å². The molecule has 2 aromatic heterocycles. The summed E-state index contributed by atoms with van der Waals surface area (Å²) in [6, 6.07) is 1.51. The number of rotatable bonds is 4. The largest absolute Gasteiger partial charge is 0.511 e. The fourth-order valence-corrected chi connectivity index (χ4v) is 4.02. The van der Waals surface area contributed by atoms with Crippen LogP contribution in [-0.4, -0.2) is 48.5 Å². The van der Waals surface area contributed by atoms with Gasteiger partial charge in [0.15, 0.2) is 11.6 Å². The van der Waals surface area contributed by atoms with Crippen LogP contribution in [0, 0.1) is 12.7 Å². The van der Waals surface area contributed by atoms with E-state index in [1.807, 2.05) is 18.9 Å². The number of hydrogen-bond donors (Lipinski definition) is 3. The van der Waals surface area contributed by atoms with Gasteiger partial charge in [-0.05, 0) is 49.9 Å². The summed E-state index contributed by atoms with van der Waals surface area (Å²) in [6.45, 7) is 3.76. The lowest BCUT2D eigenvalue weighted by atomic mass is 10.0. The van der Waals surface area contributed by atoms with Gasteiger partial charge in [-0.2, -0.15) is 0 Å². The molecule has 150 valence electrons. The third-order valence-corrected chi connectivity index (χ3v) is 5.46. The molecule has 2 fully saturated rings. The zero-order valence-electron chi connectivity index (χ0n) is 15.8. The molecule has 0 aromatic carbocycles. The molecule has 1 aliphatic heterocycles.